The van der Waals surface area contributed by atoms with Gasteiger partial charge in [0.15, 0.2) is 0 Å². The molecular formula is C13H21NOSi. The van der Waals surface area contributed by atoms with Crippen molar-refractivity contribution >= 4 is 19.9 Å². The summed E-state index contributed by atoms with van der Waals surface area (Å²) in [6, 6.07) is 11.6. The first kappa shape index (κ1) is 13.1. The zero-order valence-corrected chi connectivity index (χ0v) is 11.6. The molecule has 1 atom stereocenters. The predicted octanol–water partition coefficient (Wildman–Crippen LogP) is 2.13. The van der Waals surface area contributed by atoms with E-state index in [0.29, 0.717) is 0 Å². The van der Waals surface area contributed by atoms with Gasteiger partial charge in [-0.3, -0.25) is 4.99 Å². The molecule has 88 valence electrons. The van der Waals surface area contributed by atoms with Crippen LogP contribution in [0, 0.1) is 0 Å². The van der Waals surface area contributed by atoms with Crippen LogP contribution in [0.4, 0.5) is 0 Å². The van der Waals surface area contributed by atoms with Crippen LogP contribution >= 0.6 is 0 Å². The molecule has 0 radical (unpaired) electrons. The molecule has 1 rings (SSSR count). The zero-order chi connectivity index (χ0) is 11.8. The number of benzene rings is 1. The largest absolute Gasteiger partial charge is 0.418 e. The van der Waals surface area contributed by atoms with Crippen LogP contribution in [-0.2, 0) is 4.43 Å². The van der Waals surface area contributed by atoms with Gasteiger partial charge in [-0.1, -0.05) is 37.3 Å². The molecule has 0 amide bonds. The molecule has 0 saturated carbocycles. The summed E-state index contributed by atoms with van der Waals surface area (Å²) in [6.07, 6.45) is 1.05. The summed E-state index contributed by atoms with van der Waals surface area (Å²) in [7, 11) is 0.571. The number of aliphatic imine (C=N–C) groups is 1. The summed E-state index contributed by atoms with van der Waals surface area (Å²) >= 11 is 0. The Morgan fingerprint density at radius 3 is 2.56 bits per heavy atom. The van der Waals surface area contributed by atoms with Crippen molar-refractivity contribution in [2.24, 2.45) is 4.99 Å². The second-order valence-electron chi connectivity index (χ2n) is 3.89. The third-order valence-electron chi connectivity index (χ3n) is 2.74. The van der Waals surface area contributed by atoms with Crippen LogP contribution in [0.15, 0.2) is 35.3 Å². The van der Waals surface area contributed by atoms with Crippen LogP contribution in [0.3, 0.4) is 0 Å². The third kappa shape index (κ3) is 4.29. The van der Waals surface area contributed by atoms with Gasteiger partial charge in [-0.05, 0) is 24.6 Å². The lowest BCUT2D eigenvalue weighted by Crippen LogP contribution is -2.32. The van der Waals surface area contributed by atoms with Gasteiger partial charge in [0.25, 0.3) is 0 Å². The van der Waals surface area contributed by atoms with Gasteiger partial charge in [0.2, 0.25) is 9.04 Å². The quantitative estimate of drug-likeness (QED) is 0.547. The fraction of sp³-hybridized carbons (Fsp3) is 0.462. The zero-order valence-electron chi connectivity index (χ0n) is 10.4. The van der Waals surface area contributed by atoms with Crippen molar-refractivity contribution in [2.45, 2.75) is 26.3 Å². The first-order valence-corrected chi connectivity index (χ1v) is 7.72. The lowest BCUT2D eigenvalue weighted by molar-refractivity contribution is 0.429. The summed E-state index contributed by atoms with van der Waals surface area (Å²) in [5, 5.41) is 1.37. The molecule has 1 aromatic rings. The van der Waals surface area contributed by atoms with E-state index < -0.39 is 9.04 Å². The van der Waals surface area contributed by atoms with Crippen molar-refractivity contribution in [1.82, 2.24) is 0 Å². The molecule has 16 heavy (non-hydrogen) atoms. The summed E-state index contributed by atoms with van der Waals surface area (Å²) in [6.45, 7) is 5.13. The van der Waals surface area contributed by atoms with E-state index in [2.05, 4.69) is 43.1 Å². The highest BCUT2D eigenvalue weighted by atomic mass is 28.3. The fourth-order valence-corrected chi connectivity index (χ4v) is 3.43. The van der Waals surface area contributed by atoms with Crippen molar-refractivity contribution in [1.29, 1.82) is 0 Å². The molecule has 0 aromatic heterocycles. The molecule has 0 spiro atoms. The van der Waals surface area contributed by atoms with Crippen LogP contribution in [0.2, 0.25) is 6.04 Å². The van der Waals surface area contributed by atoms with E-state index in [1.807, 2.05) is 13.2 Å². The van der Waals surface area contributed by atoms with Gasteiger partial charge in [0, 0.05) is 19.4 Å². The highest BCUT2D eigenvalue weighted by Crippen LogP contribution is 1.98. The molecule has 0 aliphatic carbocycles. The van der Waals surface area contributed by atoms with Crippen molar-refractivity contribution < 1.29 is 4.43 Å². The Morgan fingerprint density at radius 2 is 2.00 bits per heavy atom. The van der Waals surface area contributed by atoms with Gasteiger partial charge in [-0.2, -0.15) is 0 Å². The Kier molecular flexibility index (Phi) is 6.04. The second-order valence-corrected chi connectivity index (χ2v) is 6.59. The van der Waals surface area contributed by atoms with Gasteiger partial charge in [0.1, 0.15) is 0 Å². The van der Waals surface area contributed by atoms with E-state index in [1.165, 1.54) is 10.9 Å². The van der Waals surface area contributed by atoms with Crippen molar-refractivity contribution in [3.63, 3.8) is 0 Å². The monoisotopic (exact) mass is 235 g/mol. The lowest BCUT2D eigenvalue weighted by atomic mass is 10.3. The van der Waals surface area contributed by atoms with Crippen molar-refractivity contribution in [2.75, 3.05) is 13.7 Å². The molecule has 1 aromatic carbocycles. The molecule has 2 nitrogen and oxygen atoms in total. The van der Waals surface area contributed by atoms with E-state index in [9.17, 15) is 0 Å². The van der Waals surface area contributed by atoms with Crippen LogP contribution in [0.1, 0.15) is 20.3 Å². The van der Waals surface area contributed by atoms with Crippen LogP contribution in [0.25, 0.3) is 0 Å². The smallest absolute Gasteiger partial charge is 0.209 e. The molecule has 0 bridgehead atoms. The Hall–Kier alpha value is -0.933. The van der Waals surface area contributed by atoms with Crippen molar-refractivity contribution in [3.05, 3.63) is 30.3 Å². The normalized spacial score (nSPS) is 13.8. The Balaban J connectivity index is 2.51. The Labute approximate surface area is 100 Å². The standard InChI is InChI=1S/C13H21NOSi/c1-4-12(2)14-10-11-16(15-3)13-8-6-5-7-9-13/h5-9,16H,4,10-11H2,1-3H3. The first-order chi connectivity index (χ1) is 7.77. The van der Waals surface area contributed by atoms with E-state index in [4.69, 9.17) is 4.43 Å². The Bertz CT molecular complexity index is 324. The van der Waals surface area contributed by atoms with Gasteiger partial charge >= 0.3 is 0 Å². The molecule has 0 aliphatic heterocycles. The number of hydrogen-bond acceptors (Lipinski definition) is 2. The molecule has 0 N–H and O–H groups in total. The predicted molar refractivity (Wildman–Crippen MR) is 73.3 cm³/mol. The fourth-order valence-electron chi connectivity index (χ4n) is 1.57. The molecule has 3 heteroatoms. The SMILES string of the molecule is CCC(C)=NCC[SiH](OC)c1ccccc1. The van der Waals surface area contributed by atoms with Gasteiger partial charge in [0.05, 0.1) is 0 Å². The second kappa shape index (κ2) is 7.36. The van der Waals surface area contributed by atoms with Crippen LogP contribution in [0.5, 0.6) is 0 Å². The molecular weight excluding hydrogens is 214 g/mol. The average Bonchev–Trinajstić information content (AvgIpc) is 2.35. The Morgan fingerprint density at radius 1 is 1.31 bits per heavy atom. The molecule has 0 aliphatic rings. The van der Waals surface area contributed by atoms with Crippen LogP contribution in [-0.4, -0.2) is 28.4 Å². The lowest BCUT2D eigenvalue weighted by Gasteiger charge is -2.12. The van der Waals surface area contributed by atoms with E-state index >= 15 is 0 Å². The number of hydrogen-bond donors (Lipinski definition) is 0. The average molecular weight is 235 g/mol. The molecule has 1 unspecified atom stereocenters. The minimum atomic E-state index is -1.25. The summed E-state index contributed by atoms with van der Waals surface area (Å²) < 4.78 is 5.62. The van der Waals surface area contributed by atoms with Crippen molar-refractivity contribution in [3.8, 4) is 0 Å². The maximum atomic E-state index is 5.62. The third-order valence-corrected chi connectivity index (χ3v) is 5.22. The highest BCUT2D eigenvalue weighted by molar-refractivity contribution is 6.67. The summed E-state index contributed by atoms with van der Waals surface area (Å²) in [4.78, 5) is 4.53. The van der Waals surface area contributed by atoms with E-state index in [1.54, 1.807) is 0 Å². The summed E-state index contributed by atoms with van der Waals surface area (Å²) in [5.41, 5.74) is 1.23. The van der Waals surface area contributed by atoms with E-state index in [-0.39, 0.29) is 0 Å². The van der Waals surface area contributed by atoms with Gasteiger partial charge < -0.3 is 4.43 Å². The molecule has 0 heterocycles. The number of rotatable bonds is 6. The van der Waals surface area contributed by atoms with Gasteiger partial charge in [-0.25, -0.2) is 0 Å². The first-order valence-electron chi connectivity index (χ1n) is 5.85. The van der Waals surface area contributed by atoms with Gasteiger partial charge in [-0.15, -0.1) is 0 Å². The van der Waals surface area contributed by atoms with Crippen LogP contribution < -0.4 is 5.19 Å². The molecule has 0 saturated heterocycles. The highest BCUT2D eigenvalue weighted by Gasteiger charge is 2.11. The maximum Gasteiger partial charge on any atom is 0.209 e. The summed E-state index contributed by atoms with van der Waals surface area (Å²) in [5.74, 6) is 0. The minimum absolute atomic E-state index is 0.902. The minimum Gasteiger partial charge on any atom is -0.418 e. The topological polar surface area (TPSA) is 21.6 Å². The number of nitrogens with zero attached hydrogens (tertiary/aromatic N) is 1. The molecule has 0 fully saturated rings. The van der Waals surface area contributed by atoms with E-state index in [0.717, 1.165) is 19.0 Å². The maximum absolute atomic E-state index is 5.62.